The van der Waals surface area contributed by atoms with Crippen LogP contribution in [0.5, 0.6) is 0 Å². The Kier molecular flexibility index (Phi) is 1.19. The first kappa shape index (κ1) is 5.42. The van der Waals surface area contributed by atoms with E-state index in [1.54, 1.807) is 0 Å². The fourth-order valence-corrected chi connectivity index (χ4v) is 1.31. The number of anilines is 1. The molecule has 0 amide bonds. The number of hydrogen-bond acceptors (Lipinski definition) is 1. The van der Waals surface area contributed by atoms with Gasteiger partial charge in [-0.1, -0.05) is 30.4 Å². The molecule has 1 heterocycles. The van der Waals surface area contributed by atoms with E-state index in [-0.39, 0.29) is 6.52 Å². The summed E-state index contributed by atoms with van der Waals surface area (Å²) in [5.74, 6) is 0. The monoisotopic (exact) mass is 146 g/mol. The average Bonchev–Trinajstić information content (AvgIpc) is 2.12. The molecule has 1 aromatic rings. The van der Waals surface area contributed by atoms with E-state index in [0.717, 1.165) is 5.69 Å². The lowest BCUT2D eigenvalue weighted by Crippen LogP contribution is -2.19. The van der Waals surface area contributed by atoms with Crippen molar-refractivity contribution in [2.45, 2.75) is 0 Å². The standard InChI is InChI=1S/C10H11N/c1-11-8-4-6-9-5-2-3-7-10(9)11/h2-7H,8H2,1H3/i8D. The van der Waals surface area contributed by atoms with Gasteiger partial charge < -0.3 is 4.90 Å². The normalized spacial score (nSPS) is 22.8. The highest BCUT2D eigenvalue weighted by Crippen LogP contribution is 2.23. The highest BCUT2D eigenvalue weighted by molar-refractivity contribution is 5.70. The molecular formula is C10H11N. The lowest BCUT2D eigenvalue weighted by molar-refractivity contribution is 1.02. The molecule has 0 aliphatic carbocycles. The minimum atomic E-state index is -0.236. The van der Waals surface area contributed by atoms with Crippen LogP contribution in [0, 0.1) is 0 Å². The van der Waals surface area contributed by atoms with E-state index in [1.165, 1.54) is 5.56 Å². The van der Waals surface area contributed by atoms with E-state index in [2.05, 4.69) is 6.07 Å². The fourth-order valence-electron chi connectivity index (χ4n) is 1.31. The Hall–Kier alpha value is -1.24. The van der Waals surface area contributed by atoms with Crippen molar-refractivity contribution in [1.82, 2.24) is 0 Å². The summed E-state index contributed by atoms with van der Waals surface area (Å²) in [7, 11) is 1.94. The molecule has 1 aliphatic rings. The van der Waals surface area contributed by atoms with Gasteiger partial charge in [-0.05, 0) is 11.6 Å². The highest BCUT2D eigenvalue weighted by Gasteiger charge is 2.06. The van der Waals surface area contributed by atoms with Crippen molar-refractivity contribution < 1.29 is 1.37 Å². The van der Waals surface area contributed by atoms with Gasteiger partial charge in [-0.15, -0.1) is 0 Å². The Morgan fingerprint density at radius 2 is 2.27 bits per heavy atom. The first-order valence-electron chi connectivity index (χ1n) is 4.29. The van der Waals surface area contributed by atoms with E-state index in [9.17, 15) is 0 Å². The average molecular weight is 146 g/mol. The quantitative estimate of drug-likeness (QED) is 0.542. The second kappa shape index (κ2) is 2.42. The van der Waals surface area contributed by atoms with Gasteiger partial charge in [0.1, 0.15) is 0 Å². The largest absolute Gasteiger partial charge is 0.370 e. The topological polar surface area (TPSA) is 3.24 Å². The van der Waals surface area contributed by atoms with Crippen molar-refractivity contribution in [2.75, 3.05) is 18.5 Å². The van der Waals surface area contributed by atoms with Crippen molar-refractivity contribution in [3.8, 4) is 0 Å². The number of likely N-dealkylation sites (N-methyl/N-ethyl adjacent to an activating group) is 1. The minimum Gasteiger partial charge on any atom is -0.370 e. The zero-order valence-electron chi connectivity index (χ0n) is 7.49. The second-order valence-corrected chi connectivity index (χ2v) is 2.68. The molecule has 0 spiro atoms. The van der Waals surface area contributed by atoms with Crippen LogP contribution in [-0.2, 0) is 0 Å². The molecule has 0 aromatic heterocycles. The van der Waals surface area contributed by atoms with Crippen LogP contribution in [0.1, 0.15) is 6.93 Å². The summed E-state index contributed by atoms with van der Waals surface area (Å²) in [5, 5.41) is 0. The van der Waals surface area contributed by atoms with E-state index in [0.29, 0.717) is 0 Å². The molecule has 56 valence electrons. The van der Waals surface area contributed by atoms with Gasteiger partial charge in [-0.3, -0.25) is 0 Å². The van der Waals surface area contributed by atoms with Crippen LogP contribution in [0.25, 0.3) is 6.08 Å². The van der Waals surface area contributed by atoms with E-state index in [1.807, 2.05) is 42.3 Å². The molecule has 0 bridgehead atoms. The van der Waals surface area contributed by atoms with Crippen molar-refractivity contribution in [3.05, 3.63) is 35.9 Å². The third kappa shape index (κ3) is 1.03. The summed E-state index contributed by atoms with van der Waals surface area (Å²) in [6.07, 6.45) is 3.90. The summed E-state index contributed by atoms with van der Waals surface area (Å²) >= 11 is 0. The van der Waals surface area contributed by atoms with Gasteiger partial charge in [0.25, 0.3) is 0 Å². The third-order valence-electron chi connectivity index (χ3n) is 1.90. The van der Waals surface area contributed by atoms with Crippen LogP contribution in [0.3, 0.4) is 0 Å². The van der Waals surface area contributed by atoms with E-state index in [4.69, 9.17) is 1.37 Å². The maximum atomic E-state index is 7.65. The number of fused-ring (bicyclic) bond motifs is 1. The number of benzene rings is 1. The minimum absolute atomic E-state index is 0.236. The van der Waals surface area contributed by atoms with Gasteiger partial charge >= 0.3 is 0 Å². The second-order valence-electron chi connectivity index (χ2n) is 2.68. The first-order chi connectivity index (χ1) is 5.79. The molecule has 0 radical (unpaired) electrons. The molecule has 0 fully saturated rings. The number of nitrogens with zero attached hydrogens (tertiary/aromatic N) is 1. The molecule has 1 unspecified atom stereocenters. The number of rotatable bonds is 0. The van der Waals surface area contributed by atoms with Gasteiger partial charge in [0, 0.05) is 19.3 Å². The molecule has 2 rings (SSSR count). The van der Waals surface area contributed by atoms with Gasteiger partial charge in [-0.25, -0.2) is 0 Å². The van der Waals surface area contributed by atoms with Crippen molar-refractivity contribution in [3.63, 3.8) is 0 Å². The summed E-state index contributed by atoms with van der Waals surface area (Å²) in [4.78, 5) is 1.95. The SMILES string of the molecule is [2H]C1C=Cc2ccccc2N1C. The van der Waals surface area contributed by atoms with Crippen molar-refractivity contribution >= 4 is 11.8 Å². The van der Waals surface area contributed by atoms with Crippen LogP contribution in [-0.4, -0.2) is 13.6 Å². The number of para-hydroxylation sites is 1. The number of hydrogen-bond donors (Lipinski definition) is 0. The maximum Gasteiger partial charge on any atom is 0.0538 e. The third-order valence-corrected chi connectivity index (χ3v) is 1.90. The van der Waals surface area contributed by atoms with Crippen LogP contribution >= 0.6 is 0 Å². The lowest BCUT2D eigenvalue weighted by atomic mass is 10.1. The lowest BCUT2D eigenvalue weighted by Gasteiger charge is -2.22. The summed E-state index contributed by atoms with van der Waals surface area (Å²) in [5.41, 5.74) is 2.34. The van der Waals surface area contributed by atoms with Gasteiger partial charge in [0.2, 0.25) is 0 Å². The smallest absolute Gasteiger partial charge is 0.0538 e. The van der Waals surface area contributed by atoms with Crippen LogP contribution in [0.4, 0.5) is 5.69 Å². The Bertz CT molecular complexity index is 319. The molecule has 1 aliphatic heterocycles. The Morgan fingerprint density at radius 3 is 3.18 bits per heavy atom. The highest BCUT2D eigenvalue weighted by atomic mass is 15.1. The zero-order valence-corrected chi connectivity index (χ0v) is 6.49. The fraction of sp³-hybridized carbons (Fsp3) is 0.200. The molecule has 1 heteroatoms. The van der Waals surface area contributed by atoms with Crippen molar-refractivity contribution in [2.24, 2.45) is 0 Å². The van der Waals surface area contributed by atoms with Crippen LogP contribution in [0.15, 0.2) is 30.3 Å². The van der Waals surface area contributed by atoms with Gasteiger partial charge in [0.15, 0.2) is 0 Å². The Morgan fingerprint density at radius 1 is 1.45 bits per heavy atom. The predicted molar refractivity (Wildman–Crippen MR) is 48.7 cm³/mol. The summed E-state index contributed by atoms with van der Waals surface area (Å²) in [6.45, 7) is -0.236. The van der Waals surface area contributed by atoms with E-state index < -0.39 is 0 Å². The Labute approximate surface area is 68.4 Å². The van der Waals surface area contributed by atoms with E-state index >= 15 is 0 Å². The molecular weight excluding hydrogens is 134 g/mol. The molecule has 1 atom stereocenters. The molecule has 0 saturated heterocycles. The summed E-state index contributed by atoms with van der Waals surface area (Å²) in [6, 6.07) is 8.12. The van der Waals surface area contributed by atoms with Gasteiger partial charge in [0.05, 0.1) is 1.37 Å². The van der Waals surface area contributed by atoms with Crippen LogP contribution < -0.4 is 4.90 Å². The molecule has 0 N–H and O–H groups in total. The predicted octanol–water partition coefficient (Wildman–Crippen LogP) is 2.15. The molecule has 1 aromatic carbocycles. The maximum absolute atomic E-state index is 7.65. The Balaban J connectivity index is 2.52. The zero-order chi connectivity index (χ0) is 8.55. The molecule has 11 heavy (non-hydrogen) atoms. The molecule has 0 saturated carbocycles. The summed E-state index contributed by atoms with van der Waals surface area (Å²) < 4.78 is 7.65. The van der Waals surface area contributed by atoms with Crippen molar-refractivity contribution in [1.29, 1.82) is 0 Å². The first-order valence-corrected chi connectivity index (χ1v) is 3.71. The molecule has 1 nitrogen and oxygen atoms in total. The van der Waals surface area contributed by atoms with Gasteiger partial charge in [-0.2, -0.15) is 0 Å². The van der Waals surface area contributed by atoms with Crippen LogP contribution in [0.2, 0.25) is 0 Å².